The number of H-pyrrole nitrogens is 1. The van der Waals surface area contributed by atoms with Gasteiger partial charge in [-0.1, -0.05) is 11.6 Å². The van der Waals surface area contributed by atoms with Crippen LogP contribution in [-0.4, -0.2) is 30.1 Å². The molecule has 1 aromatic heterocycles. The Morgan fingerprint density at radius 3 is 2.71 bits per heavy atom. The Balaban J connectivity index is 2.08. The first-order valence-corrected chi connectivity index (χ1v) is 7.33. The minimum Gasteiger partial charge on any atom is -0.495 e. The highest BCUT2D eigenvalue weighted by Crippen LogP contribution is 2.27. The number of ether oxygens (including phenoxy) is 2. The number of amides is 1. The Bertz CT molecular complexity index is 818. The van der Waals surface area contributed by atoms with Crippen molar-refractivity contribution in [1.82, 2.24) is 4.98 Å². The number of carbonyl (C=O) groups excluding carboxylic acids is 2. The van der Waals surface area contributed by atoms with Gasteiger partial charge in [0.05, 0.1) is 12.8 Å². The molecule has 1 atom stereocenters. The molecule has 1 aromatic carbocycles. The van der Waals surface area contributed by atoms with Crippen LogP contribution in [0.15, 0.2) is 41.3 Å². The summed E-state index contributed by atoms with van der Waals surface area (Å²) < 4.78 is 10.1. The van der Waals surface area contributed by atoms with E-state index in [0.29, 0.717) is 16.5 Å². The topological polar surface area (TPSA) is 97.5 Å². The third-order valence-corrected chi connectivity index (χ3v) is 3.35. The van der Waals surface area contributed by atoms with Crippen molar-refractivity contribution in [2.24, 2.45) is 0 Å². The van der Waals surface area contributed by atoms with Gasteiger partial charge < -0.3 is 19.8 Å². The molecule has 2 aromatic rings. The number of rotatable bonds is 5. The summed E-state index contributed by atoms with van der Waals surface area (Å²) in [6, 6.07) is 7.51. The van der Waals surface area contributed by atoms with E-state index >= 15 is 0 Å². The van der Waals surface area contributed by atoms with Gasteiger partial charge in [0.2, 0.25) is 0 Å². The molecule has 7 nitrogen and oxygen atoms in total. The summed E-state index contributed by atoms with van der Waals surface area (Å²) in [6.45, 7) is 1.39. The van der Waals surface area contributed by atoms with Crippen LogP contribution in [-0.2, 0) is 9.53 Å². The van der Waals surface area contributed by atoms with E-state index in [1.165, 1.54) is 38.4 Å². The van der Waals surface area contributed by atoms with Gasteiger partial charge in [0.25, 0.3) is 11.5 Å². The van der Waals surface area contributed by atoms with E-state index in [1.807, 2.05) is 0 Å². The lowest BCUT2D eigenvalue weighted by atomic mass is 10.2. The molecule has 0 saturated carbocycles. The highest BCUT2D eigenvalue weighted by atomic mass is 35.5. The lowest BCUT2D eigenvalue weighted by molar-refractivity contribution is -0.123. The molecule has 0 spiro atoms. The molecule has 0 saturated heterocycles. The van der Waals surface area contributed by atoms with E-state index in [-0.39, 0.29) is 5.56 Å². The van der Waals surface area contributed by atoms with Gasteiger partial charge >= 0.3 is 5.97 Å². The van der Waals surface area contributed by atoms with Crippen molar-refractivity contribution in [3.63, 3.8) is 0 Å². The van der Waals surface area contributed by atoms with E-state index < -0.39 is 23.5 Å². The normalized spacial score (nSPS) is 11.5. The van der Waals surface area contributed by atoms with Crippen LogP contribution < -0.4 is 15.6 Å². The summed E-state index contributed by atoms with van der Waals surface area (Å²) in [6.07, 6.45) is 0.265. The Kier molecular flexibility index (Phi) is 5.59. The van der Waals surface area contributed by atoms with Gasteiger partial charge in [-0.15, -0.1) is 0 Å². The smallest absolute Gasteiger partial charge is 0.344 e. The van der Waals surface area contributed by atoms with Crippen molar-refractivity contribution in [2.45, 2.75) is 13.0 Å². The number of nitrogens with one attached hydrogen (secondary N) is 2. The number of esters is 1. The molecule has 24 heavy (non-hydrogen) atoms. The van der Waals surface area contributed by atoms with E-state index in [1.54, 1.807) is 12.1 Å². The number of carbonyl (C=O) groups is 2. The second-order valence-electron chi connectivity index (χ2n) is 4.79. The maximum Gasteiger partial charge on any atom is 0.344 e. The van der Waals surface area contributed by atoms with Crippen molar-refractivity contribution in [3.8, 4) is 5.75 Å². The number of aromatic nitrogens is 1. The van der Waals surface area contributed by atoms with Gasteiger partial charge in [0, 0.05) is 11.2 Å². The molecule has 0 fully saturated rings. The van der Waals surface area contributed by atoms with Gasteiger partial charge in [0.15, 0.2) is 6.10 Å². The third-order valence-electron chi connectivity index (χ3n) is 3.11. The molecule has 0 radical (unpaired) electrons. The van der Waals surface area contributed by atoms with Crippen LogP contribution in [0.5, 0.6) is 5.75 Å². The number of anilines is 1. The second kappa shape index (κ2) is 7.65. The largest absolute Gasteiger partial charge is 0.495 e. The highest BCUT2D eigenvalue weighted by Gasteiger charge is 2.21. The van der Waals surface area contributed by atoms with Crippen LogP contribution in [0, 0.1) is 0 Å². The molecule has 0 aliphatic heterocycles. The Hall–Kier alpha value is -2.80. The molecule has 0 bridgehead atoms. The van der Waals surface area contributed by atoms with Crippen LogP contribution in [0.1, 0.15) is 17.3 Å². The first-order valence-electron chi connectivity index (χ1n) is 6.95. The molecule has 8 heteroatoms. The molecule has 2 rings (SSSR count). The van der Waals surface area contributed by atoms with E-state index in [9.17, 15) is 14.4 Å². The quantitative estimate of drug-likeness (QED) is 0.806. The maximum absolute atomic E-state index is 12.2. The summed E-state index contributed by atoms with van der Waals surface area (Å²) in [4.78, 5) is 38.0. The predicted octanol–water partition coefficient (Wildman–Crippen LogP) is 2.22. The van der Waals surface area contributed by atoms with Gasteiger partial charge in [-0.3, -0.25) is 9.59 Å². The Morgan fingerprint density at radius 2 is 2.04 bits per heavy atom. The molecular weight excluding hydrogens is 336 g/mol. The van der Waals surface area contributed by atoms with Crippen LogP contribution >= 0.6 is 11.6 Å². The zero-order chi connectivity index (χ0) is 17.7. The second-order valence-corrected chi connectivity index (χ2v) is 5.23. The summed E-state index contributed by atoms with van der Waals surface area (Å²) in [5.41, 5.74) is -0.431. The standard InChI is InChI=1S/C16H15ClN2O5/c1-9(24-16(22)11-4-3-7-18-15(11)21)14(20)19-12-8-10(17)5-6-13(12)23-2/h3-9H,1-2H3,(H,18,21)(H,19,20)/t9-/m0/s1. The first-order chi connectivity index (χ1) is 11.4. The van der Waals surface area contributed by atoms with Gasteiger partial charge in [-0.05, 0) is 37.3 Å². The minimum absolute atomic E-state index is 0.183. The molecule has 2 N–H and O–H groups in total. The average molecular weight is 351 g/mol. The van der Waals surface area contributed by atoms with Crippen LogP contribution in [0.2, 0.25) is 5.02 Å². The Labute approximate surface area is 142 Å². The molecule has 0 unspecified atom stereocenters. The first kappa shape index (κ1) is 17.6. The summed E-state index contributed by atoms with van der Waals surface area (Å²) >= 11 is 5.89. The van der Waals surface area contributed by atoms with Gasteiger partial charge in [-0.25, -0.2) is 4.79 Å². The number of aromatic amines is 1. The monoisotopic (exact) mass is 350 g/mol. The van der Waals surface area contributed by atoms with Crippen molar-refractivity contribution in [2.75, 3.05) is 12.4 Å². The molecule has 1 heterocycles. The molecule has 1 amide bonds. The number of methoxy groups -OCH3 is 1. The number of benzene rings is 1. The van der Waals surface area contributed by atoms with Crippen LogP contribution in [0.4, 0.5) is 5.69 Å². The molecular formula is C16H15ClN2O5. The van der Waals surface area contributed by atoms with Gasteiger partial charge in [-0.2, -0.15) is 0 Å². The van der Waals surface area contributed by atoms with Crippen molar-refractivity contribution in [1.29, 1.82) is 0 Å². The molecule has 0 aliphatic carbocycles. The minimum atomic E-state index is -1.12. The predicted molar refractivity (Wildman–Crippen MR) is 88.6 cm³/mol. The fourth-order valence-corrected chi connectivity index (χ4v) is 2.04. The SMILES string of the molecule is COc1ccc(Cl)cc1NC(=O)[C@H](C)OC(=O)c1ccc[nH]c1=O. The zero-order valence-electron chi connectivity index (χ0n) is 13.0. The zero-order valence-corrected chi connectivity index (χ0v) is 13.7. The van der Waals surface area contributed by atoms with Crippen molar-refractivity contribution >= 4 is 29.2 Å². The van der Waals surface area contributed by atoms with E-state index in [4.69, 9.17) is 21.1 Å². The van der Waals surface area contributed by atoms with Crippen molar-refractivity contribution < 1.29 is 19.1 Å². The van der Waals surface area contributed by atoms with Crippen molar-refractivity contribution in [3.05, 3.63) is 57.5 Å². The maximum atomic E-state index is 12.2. The number of halogens is 1. The Morgan fingerprint density at radius 1 is 1.29 bits per heavy atom. The van der Waals surface area contributed by atoms with Crippen LogP contribution in [0.3, 0.4) is 0 Å². The van der Waals surface area contributed by atoms with Crippen LogP contribution in [0.25, 0.3) is 0 Å². The fraction of sp³-hybridized carbons (Fsp3) is 0.188. The number of hydrogen-bond acceptors (Lipinski definition) is 5. The number of pyridine rings is 1. The number of hydrogen-bond donors (Lipinski definition) is 2. The molecule has 0 aliphatic rings. The fourth-order valence-electron chi connectivity index (χ4n) is 1.87. The average Bonchev–Trinajstić information content (AvgIpc) is 2.55. The van der Waals surface area contributed by atoms with Gasteiger partial charge in [0.1, 0.15) is 11.3 Å². The summed E-state index contributed by atoms with van der Waals surface area (Å²) in [7, 11) is 1.45. The lowest BCUT2D eigenvalue weighted by Gasteiger charge is -2.15. The highest BCUT2D eigenvalue weighted by molar-refractivity contribution is 6.31. The lowest BCUT2D eigenvalue weighted by Crippen LogP contribution is -2.31. The van der Waals surface area contributed by atoms with E-state index in [2.05, 4.69) is 10.3 Å². The van der Waals surface area contributed by atoms with E-state index in [0.717, 1.165) is 0 Å². The third kappa shape index (κ3) is 4.14. The summed E-state index contributed by atoms with van der Waals surface area (Å²) in [5, 5.41) is 2.97. The molecule has 126 valence electrons. The summed E-state index contributed by atoms with van der Waals surface area (Å²) in [5.74, 6) is -1.07.